The molecule has 8 nitrogen and oxygen atoms in total. The molecule has 0 unspecified atom stereocenters. The van der Waals surface area contributed by atoms with Crippen LogP contribution in [0.1, 0.15) is 0 Å². The minimum absolute atomic E-state index is 0. The van der Waals surface area contributed by atoms with Crippen molar-refractivity contribution in [3.63, 3.8) is 0 Å². The second-order valence-electron chi connectivity index (χ2n) is 0.476. The van der Waals surface area contributed by atoms with Gasteiger partial charge in [0.25, 0.3) is 10.2 Å². The van der Waals surface area contributed by atoms with Gasteiger partial charge in [-0.15, -0.1) is 20.2 Å². The molecule has 9 heteroatoms. The zero-order valence-electron chi connectivity index (χ0n) is 3.42. The molecule has 0 aliphatic carbocycles. The van der Waals surface area contributed by atoms with Crippen LogP contribution in [0.4, 0.5) is 0 Å². The third-order valence-corrected chi connectivity index (χ3v) is 0. The molecule has 0 saturated heterocycles. The van der Waals surface area contributed by atoms with E-state index in [1.807, 2.05) is 0 Å². The zero-order valence-corrected chi connectivity index (χ0v) is 3.42. The summed E-state index contributed by atoms with van der Waals surface area (Å²) in [4.78, 5) is 16.7. The van der Waals surface area contributed by atoms with E-state index >= 15 is 0 Å². The van der Waals surface area contributed by atoms with Crippen molar-refractivity contribution < 1.29 is 20.6 Å². The second-order valence-corrected chi connectivity index (χ2v) is 0.476. The molecule has 0 aromatic heterocycles. The van der Waals surface area contributed by atoms with Crippen LogP contribution in [0.5, 0.6) is 0 Å². The molecule has 2 N–H and O–H groups in total. The molecule has 9 heavy (non-hydrogen) atoms. The maximum absolute atomic E-state index is 8.36. The Balaban J connectivity index is -0.0000000720. The van der Waals surface area contributed by atoms with Gasteiger partial charge in [-0.1, -0.05) is 0 Å². The van der Waals surface area contributed by atoms with Crippen molar-refractivity contribution in [3.05, 3.63) is 20.2 Å². The molecule has 0 radical (unpaired) electrons. The van der Waals surface area contributed by atoms with Gasteiger partial charge < -0.3 is 10.4 Å². The fourth-order valence-corrected chi connectivity index (χ4v) is 0. The number of hydrogen-bond donors (Lipinski definition) is 2. The number of nitrogens with zero attached hydrogens (tertiary/aromatic N) is 2. The van der Waals surface area contributed by atoms with E-state index < -0.39 is 10.2 Å². The number of rotatable bonds is 0. The monoisotopic (exact) mass is 266 g/mol. The summed E-state index contributed by atoms with van der Waals surface area (Å²) >= 11 is 0. The van der Waals surface area contributed by atoms with E-state index in [1.165, 1.54) is 0 Å². The van der Waals surface area contributed by atoms with Crippen molar-refractivity contribution >= 4 is 48.9 Å². The molecular formula is H4BaN2O6. The second kappa shape index (κ2) is 10.9. The van der Waals surface area contributed by atoms with E-state index in [0.29, 0.717) is 0 Å². The van der Waals surface area contributed by atoms with Crippen LogP contribution in [0.25, 0.3) is 0 Å². The zero-order chi connectivity index (χ0) is 7.15. The summed E-state index contributed by atoms with van der Waals surface area (Å²) in [5.41, 5.74) is 0. The summed E-state index contributed by atoms with van der Waals surface area (Å²) < 4.78 is 0. The molecule has 0 fully saturated rings. The van der Waals surface area contributed by atoms with E-state index in [9.17, 15) is 0 Å². The van der Waals surface area contributed by atoms with E-state index in [4.69, 9.17) is 30.6 Å². The van der Waals surface area contributed by atoms with Crippen molar-refractivity contribution in [1.82, 2.24) is 0 Å². The van der Waals surface area contributed by atoms with Gasteiger partial charge in [-0.25, -0.2) is 0 Å². The molecular weight excluding hydrogens is 261 g/mol. The third-order valence-electron chi connectivity index (χ3n) is 0. The van der Waals surface area contributed by atoms with Crippen LogP contribution >= 0.6 is 0 Å². The van der Waals surface area contributed by atoms with Gasteiger partial charge in [0.2, 0.25) is 0 Å². The fourth-order valence-electron chi connectivity index (χ4n) is 0. The summed E-state index contributed by atoms with van der Waals surface area (Å²) in [6, 6.07) is 0. The van der Waals surface area contributed by atoms with Gasteiger partial charge in [0, 0.05) is 0 Å². The van der Waals surface area contributed by atoms with E-state index in [1.54, 1.807) is 0 Å². The molecule has 0 bridgehead atoms. The Morgan fingerprint density at radius 1 is 1.00 bits per heavy atom. The third kappa shape index (κ3) is 348000. The maximum atomic E-state index is 8.36. The predicted octanol–water partition coefficient (Wildman–Crippen LogP) is -1.61. The molecule has 0 saturated carbocycles. The normalized spacial score (nSPS) is 5.33. The minimum atomic E-state index is -1.50. The topological polar surface area (TPSA) is 127 Å². The molecule has 0 amide bonds. The van der Waals surface area contributed by atoms with Crippen molar-refractivity contribution in [2.45, 2.75) is 0 Å². The standard InChI is InChI=1S/Ba.2HNO3.2H/c;2*2-1(3)4;;/h;2*(H,2,3,4);;. The Kier molecular flexibility index (Phi) is 19.3. The van der Waals surface area contributed by atoms with Gasteiger partial charge in [0.15, 0.2) is 0 Å². The van der Waals surface area contributed by atoms with Crippen LogP contribution in [0, 0.1) is 20.2 Å². The van der Waals surface area contributed by atoms with E-state index in [-0.39, 0.29) is 48.9 Å². The van der Waals surface area contributed by atoms with Gasteiger partial charge in [-0.2, -0.15) is 0 Å². The molecule has 0 aromatic carbocycles. The fraction of sp³-hybridized carbons (Fsp3) is 0. The van der Waals surface area contributed by atoms with Crippen molar-refractivity contribution in [3.8, 4) is 0 Å². The first-order chi connectivity index (χ1) is 3.46. The predicted molar refractivity (Wildman–Crippen MR) is 26.1 cm³/mol. The molecule has 0 aliphatic heterocycles. The van der Waals surface area contributed by atoms with E-state index in [0.717, 1.165) is 0 Å². The van der Waals surface area contributed by atoms with Crippen LogP contribution in [0.15, 0.2) is 0 Å². The Labute approximate surface area is 88.8 Å². The van der Waals surface area contributed by atoms with Gasteiger partial charge in [-0.05, 0) is 0 Å². The molecule has 0 spiro atoms. The van der Waals surface area contributed by atoms with E-state index in [2.05, 4.69) is 0 Å². The quantitative estimate of drug-likeness (QED) is 0.308. The summed E-state index contributed by atoms with van der Waals surface area (Å²) in [5.74, 6) is 0. The van der Waals surface area contributed by atoms with Gasteiger partial charge >= 0.3 is 48.9 Å². The molecule has 0 rings (SSSR count). The van der Waals surface area contributed by atoms with Crippen molar-refractivity contribution in [2.24, 2.45) is 0 Å². The molecule has 0 aliphatic rings. The average molecular weight is 265 g/mol. The number of hydrogen-bond acceptors (Lipinski definition) is 4. The van der Waals surface area contributed by atoms with Gasteiger partial charge in [0.1, 0.15) is 0 Å². The summed E-state index contributed by atoms with van der Waals surface area (Å²) in [6.07, 6.45) is 0. The first-order valence-electron chi connectivity index (χ1n) is 1.13. The Bertz CT molecular complexity index is 69.1. The van der Waals surface area contributed by atoms with Gasteiger partial charge in [-0.3, -0.25) is 0 Å². The van der Waals surface area contributed by atoms with Crippen LogP contribution in [-0.2, 0) is 0 Å². The van der Waals surface area contributed by atoms with Crippen molar-refractivity contribution in [1.29, 1.82) is 0 Å². The van der Waals surface area contributed by atoms with Crippen LogP contribution < -0.4 is 0 Å². The first-order valence-corrected chi connectivity index (χ1v) is 1.13. The Hall–Kier alpha value is -0.0286. The Morgan fingerprint density at radius 3 is 1.00 bits per heavy atom. The van der Waals surface area contributed by atoms with Crippen LogP contribution in [0.2, 0.25) is 0 Å². The summed E-state index contributed by atoms with van der Waals surface area (Å²) in [6.45, 7) is 0. The van der Waals surface area contributed by atoms with Gasteiger partial charge in [0.05, 0.1) is 0 Å². The van der Waals surface area contributed by atoms with Crippen molar-refractivity contribution in [2.75, 3.05) is 0 Å². The summed E-state index contributed by atoms with van der Waals surface area (Å²) in [5, 5.41) is 27.3. The molecule has 0 aromatic rings. The molecule has 0 atom stereocenters. The average Bonchev–Trinajstić information content (AvgIpc) is 1.25. The van der Waals surface area contributed by atoms with Crippen LogP contribution in [-0.4, -0.2) is 69.5 Å². The first kappa shape index (κ1) is 16.0. The van der Waals surface area contributed by atoms with Crippen LogP contribution in [0.3, 0.4) is 0 Å². The summed E-state index contributed by atoms with van der Waals surface area (Å²) in [7, 11) is 0. The SMILES string of the molecule is O=[N+]([O-])O.O=[N+]([O-])O.[BaH2]. The Morgan fingerprint density at radius 2 is 1.00 bits per heavy atom. The molecule has 0 heterocycles. The molecule has 52 valence electrons.